The van der Waals surface area contributed by atoms with E-state index in [0.29, 0.717) is 62.1 Å². The van der Waals surface area contributed by atoms with Gasteiger partial charge in [-0.15, -0.1) is 0 Å². The lowest BCUT2D eigenvalue weighted by atomic mass is 9.45. The molecule has 6 nitrogen and oxygen atoms in total. The van der Waals surface area contributed by atoms with Crippen LogP contribution in [0.3, 0.4) is 0 Å². The van der Waals surface area contributed by atoms with Crippen LogP contribution in [0.5, 0.6) is 0 Å². The highest BCUT2D eigenvalue weighted by molar-refractivity contribution is 7.88. The van der Waals surface area contributed by atoms with Gasteiger partial charge in [-0.05, 0) is 129 Å². The van der Waals surface area contributed by atoms with Crippen LogP contribution in [0, 0.1) is 28.6 Å². The number of sulfonamides is 1. The molecule has 284 valence electrons. The Morgan fingerprint density at radius 3 is 2.36 bits per heavy atom. The second-order valence-corrected chi connectivity index (χ2v) is 19.9. The fraction of sp³-hybridized carbons (Fsp3) is 0.543. The number of hydrogen-bond donors (Lipinski definition) is 2. The molecule has 0 amide bonds. The zero-order valence-electron chi connectivity index (χ0n) is 32.4. The van der Waals surface area contributed by atoms with Crippen molar-refractivity contribution in [2.75, 3.05) is 19.3 Å². The Labute approximate surface area is 317 Å². The topological polar surface area (TPSA) is 94.9 Å². The second kappa shape index (κ2) is 14.5. The van der Waals surface area contributed by atoms with Crippen LogP contribution in [0.4, 0.5) is 0 Å². The molecule has 0 aromatic heterocycles. The van der Waals surface area contributed by atoms with E-state index >= 15 is 0 Å². The van der Waals surface area contributed by atoms with Crippen LogP contribution >= 0.6 is 0 Å². The summed E-state index contributed by atoms with van der Waals surface area (Å²) in [5, 5.41) is 24.1. The first-order valence-corrected chi connectivity index (χ1v) is 21.8. The monoisotopic (exact) mass is 737 g/mol. The van der Waals surface area contributed by atoms with Gasteiger partial charge in [-0.2, -0.15) is 4.31 Å². The number of hydrogen-bond acceptors (Lipinski definition) is 5. The average molecular weight is 738 g/mol. The summed E-state index contributed by atoms with van der Waals surface area (Å²) in [5.41, 5.74) is 4.27. The maximum absolute atomic E-state index is 15.0. The SMILES string of the molecule is CC1=CCC[C@@]2(C)[C@@H](CC[C@@]2(O)CN(C[C@@H]2CC[C@H]3C[C@@H]2C3(C)C)S(C)(=O)=O)c2ccc(cc2C(=O)c2ccccc2-c2ccccc2)C[C@@H](O)CC1. The molecule has 0 radical (unpaired) electrons. The van der Waals surface area contributed by atoms with E-state index in [0.717, 1.165) is 47.4 Å². The molecule has 3 aromatic rings. The van der Waals surface area contributed by atoms with Crippen molar-refractivity contribution in [3.05, 3.63) is 107 Å². The molecule has 6 aliphatic carbocycles. The number of ketones is 1. The third kappa shape index (κ3) is 7.24. The predicted octanol–water partition coefficient (Wildman–Crippen LogP) is 8.96. The quantitative estimate of drug-likeness (QED) is 0.178. The standard InChI is InChI=1S/C46H59NO5S/c1-31-12-11-24-45(4)41(23-25-46(45,50)30-47(53(5,51)52)29-34-19-20-35-28-42(34)44(35,2)3)38-22-18-32(26-36(48)21-17-31)27-40(38)43(49)39-16-10-9-15-37(39)33-13-7-6-8-14-33/h6-10,12-16,18,22,27,34-36,41-42,48,50H,11,17,19-21,23-26,28-30H2,1-5H3/t34-,35-,36-,41-,42-,45-,46+/m0/s1. The molecule has 0 spiro atoms. The molecule has 0 unspecified atom stereocenters. The van der Waals surface area contributed by atoms with Crippen LogP contribution in [-0.4, -0.2) is 59.8 Å². The molecule has 0 heterocycles. The molecular weight excluding hydrogens is 679 g/mol. The van der Waals surface area contributed by atoms with E-state index in [1.54, 1.807) is 4.31 Å². The van der Waals surface area contributed by atoms with E-state index in [-0.39, 0.29) is 29.6 Å². The van der Waals surface area contributed by atoms with Crippen molar-refractivity contribution >= 4 is 15.8 Å². The molecule has 4 bridgehead atoms. The van der Waals surface area contributed by atoms with E-state index in [4.69, 9.17) is 0 Å². The number of benzene rings is 3. The summed E-state index contributed by atoms with van der Waals surface area (Å²) >= 11 is 0. The van der Waals surface area contributed by atoms with Gasteiger partial charge < -0.3 is 10.2 Å². The lowest BCUT2D eigenvalue weighted by Gasteiger charge is -2.60. The van der Waals surface area contributed by atoms with Crippen LogP contribution in [0.2, 0.25) is 0 Å². The Hall–Kier alpha value is -3.10. The lowest BCUT2D eigenvalue weighted by molar-refractivity contribution is -0.114. The Morgan fingerprint density at radius 2 is 1.64 bits per heavy atom. The van der Waals surface area contributed by atoms with E-state index < -0.39 is 27.1 Å². The summed E-state index contributed by atoms with van der Waals surface area (Å²) < 4.78 is 28.8. The highest BCUT2D eigenvalue weighted by Crippen LogP contribution is 2.62. The first-order chi connectivity index (χ1) is 25.1. The predicted molar refractivity (Wildman–Crippen MR) is 213 cm³/mol. The summed E-state index contributed by atoms with van der Waals surface area (Å²) in [7, 11) is -3.62. The summed E-state index contributed by atoms with van der Waals surface area (Å²) in [4.78, 5) is 15.0. The van der Waals surface area contributed by atoms with E-state index in [9.17, 15) is 23.4 Å². The molecule has 7 heteroatoms. The minimum Gasteiger partial charge on any atom is -0.393 e. The molecule has 4 fully saturated rings. The maximum Gasteiger partial charge on any atom is 0.211 e. The van der Waals surface area contributed by atoms with Crippen LogP contribution in [-0.2, 0) is 16.4 Å². The third-order valence-corrected chi connectivity index (χ3v) is 15.7. The molecular formula is C46H59NO5S. The van der Waals surface area contributed by atoms with Crippen molar-refractivity contribution in [2.24, 2.45) is 28.6 Å². The smallest absolute Gasteiger partial charge is 0.211 e. The summed E-state index contributed by atoms with van der Waals surface area (Å²) in [6.45, 7) is 9.43. The van der Waals surface area contributed by atoms with Gasteiger partial charge in [-0.3, -0.25) is 4.79 Å². The highest BCUT2D eigenvalue weighted by atomic mass is 32.2. The largest absolute Gasteiger partial charge is 0.393 e. The minimum absolute atomic E-state index is 0.0546. The molecule has 0 aliphatic heterocycles. The lowest BCUT2D eigenvalue weighted by Crippen LogP contribution is -2.58. The van der Waals surface area contributed by atoms with Crippen molar-refractivity contribution in [1.29, 1.82) is 0 Å². The maximum atomic E-state index is 15.0. The Bertz CT molecular complexity index is 1970. The second-order valence-electron chi connectivity index (χ2n) is 17.9. The van der Waals surface area contributed by atoms with E-state index in [1.165, 1.54) is 18.2 Å². The van der Waals surface area contributed by atoms with Gasteiger partial charge in [0.2, 0.25) is 10.0 Å². The fourth-order valence-electron chi connectivity index (χ4n) is 10.9. The zero-order chi connectivity index (χ0) is 37.8. The van der Waals surface area contributed by atoms with Crippen LogP contribution in [0.25, 0.3) is 11.1 Å². The highest BCUT2D eigenvalue weighted by Gasteiger charge is 2.59. The van der Waals surface area contributed by atoms with Gasteiger partial charge in [0, 0.05) is 29.6 Å². The zero-order valence-corrected chi connectivity index (χ0v) is 33.2. The third-order valence-electron chi connectivity index (χ3n) is 14.5. The van der Waals surface area contributed by atoms with Crippen molar-refractivity contribution in [2.45, 2.75) is 110 Å². The van der Waals surface area contributed by atoms with E-state index in [1.807, 2.05) is 66.7 Å². The number of carbonyl (C=O) groups is 1. The van der Waals surface area contributed by atoms with Crippen LogP contribution < -0.4 is 0 Å². The number of rotatable bonds is 8. The number of allylic oxidation sites excluding steroid dienone is 2. The summed E-state index contributed by atoms with van der Waals surface area (Å²) in [6.07, 6.45) is 10.6. The molecule has 4 saturated carbocycles. The van der Waals surface area contributed by atoms with Gasteiger partial charge >= 0.3 is 0 Å². The van der Waals surface area contributed by atoms with E-state index in [2.05, 4.69) is 39.8 Å². The Morgan fingerprint density at radius 1 is 0.906 bits per heavy atom. The van der Waals surface area contributed by atoms with Crippen LogP contribution in [0.15, 0.2) is 84.4 Å². The molecule has 0 saturated heterocycles. The number of aliphatic hydroxyl groups is 2. The summed E-state index contributed by atoms with van der Waals surface area (Å²) in [5.74, 6) is 1.24. The fourth-order valence-corrected chi connectivity index (χ4v) is 11.9. The number of carbonyl (C=O) groups excluding carboxylic acids is 1. The van der Waals surface area contributed by atoms with Crippen LogP contribution in [0.1, 0.15) is 118 Å². The molecule has 3 aromatic carbocycles. The Kier molecular flexibility index (Phi) is 10.5. The van der Waals surface area contributed by atoms with Gasteiger partial charge in [-0.1, -0.05) is 99.2 Å². The number of fused-ring (bicyclic) bond motifs is 10. The van der Waals surface area contributed by atoms with Gasteiger partial charge in [-0.25, -0.2) is 8.42 Å². The van der Waals surface area contributed by atoms with Gasteiger partial charge in [0.25, 0.3) is 0 Å². The molecule has 2 N–H and O–H groups in total. The first kappa shape index (κ1) is 38.2. The average Bonchev–Trinajstić information content (AvgIpc) is 3.38. The number of aliphatic hydroxyl groups excluding tert-OH is 1. The van der Waals surface area contributed by atoms with Gasteiger partial charge in [0.1, 0.15) is 0 Å². The summed E-state index contributed by atoms with van der Waals surface area (Å²) in [6, 6.07) is 23.8. The minimum atomic E-state index is -3.62. The van der Waals surface area contributed by atoms with Crippen molar-refractivity contribution in [3.8, 4) is 11.1 Å². The van der Waals surface area contributed by atoms with Crippen molar-refractivity contribution in [3.63, 3.8) is 0 Å². The van der Waals surface area contributed by atoms with Gasteiger partial charge in [0.05, 0.1) is 18.0 Å². The molecule has 6 aliphatic rings. The molecule has 53 heavy (non-hydrogen) atoms. The van der Waals surface area contributed by atoms with Crippen molar-refractivity contribution < 1.29 is 23.4 Å². The first-order valence-electron chi connectivity index (χ1n) is 19.9. The Balaban J connectivity index is 1.30. The molecule has 7 atom stereocenters. The molecule has 9 rings (SSSR count). The van der Waals surface area contributed by atoms with Crippen molar-refractivity contribution in [1.82, 2.24) is 4.31 Å². The van der Waals surface area contributed by atoms with Gasteiger partial charge in [0.15, 0.2) is 5.78 Å². The normalized spacial score (nSPS) is 31.3. The number of nitrogens with zero attached hydrogens (tertiary/aromatic N) is 1.